The number of methoxy groups -OCH3 is 1. The Bertz CT molecular complexity index is 109. The van der Waals surface area contributed by atoms with Gasteiger partial charge in [0.15, 0.2) is 0 Å². The summed E-state index contributed by atoms with van der Waals surface area (Å²) in [5, 5.41) is 2.56. The number of alkyl carbamates (subject to hydrolysis) is 1. The van der Waals surface area contributed by atoms with Crippen molar-refractivity contribution in [1.29, 1.82) is 0 Å². The van der Waals surface area contributed by atoms with E-state index in [9.17, 15) is 4.79 Å². The van der Waals surface area contributed by atoms with Gasteiger partial charge in [-0.2, -0.15) is 0 Å². The molecule has 0 spiro atoms. The van der Waals surface area contributed by atoms with Gasteiger partial charge in [0.25, 0.3) is 0 Å². The van der Waals surface area contributed by atoms with E-state index in [1.54, 1.807) is 0 Å². The lowest BCUT2D eigenvalue weighted by atomic mass is 10.6. The third-order valence-corrected chi connectivity index (χ3v) is 1.01. The maximum Gasteiger partial charge on any atom is 0.406 e. The molecule has 5 heteroatoms. The number of rotatable bonds is 3. The maximum absolute atomic E-state index is 10.4. The molecule has 0 unspecified atom stereocenters. The third kappa shape index (κ3) is 9.52. The van der Waals surface area contributed by atoms with Gasteiger partial charge in [0, 0.05) is 13.1 Å². The van der Waals surface area contributed by atoms with Crippen LogP contribution in [0.4, 0.5) is 4.79 Å². The van der Waals surface area contributed by atoms with Crippen LogP contribution in [0.3, 0.4) is 0 Å². The van der Waals surface area contributed by atoms with Gasteiger partial charge in [-0.3, -0.25) is 0 Å². The molecular formula is C6H15ClN2O2. The lowest BCUT2D eigenvalue weighted by Crippen LogP contribution is -2.31. The van der Waals surface area contributed by atoms with Crippen molar-refractivity contribution < 1.29 is 9.53 Å². The van der Waals surface area contributed by atoms with E-state index in [0.29, 0.717) is 6.54 Å². The maximum atomic E-state index is 10.4. The molecule has 0 atom stereocenters. The molecule has 0 fully saturated rings. The van der Waals surface area contributed by atoms with Crippen LogP contribution in [0.5, 0.6) is 0 Å². The fourth-order valence-electron chi connectivity index (χ4n) is 0.454. The van der Waals surface area contributed by atoms with Gasteiger partial charge in [-0.05, 0) is 14.1 Å². The number of likely N-dealkylation sites (N-methyl/N-ethyl adjacent to an activating group) is 1. The summed E-state index contributed by atoms with van der Waals surface area (Å²) in [6, 6.07) is 0. The van der Waals surface area contributed by atoms with Crippen LogP contribution in [0.2, 0.25) is 0 Å². The number of nitrogens with one attached hydrogen (secondary N) is 1. The van der Waals surface area contributed by atoms with Crippen LogP contribution in [0.25, 0.3) is 0 Å². The van der Waals surface area contributed by atoms with Gasteiger partial charge in [-0.15, -0.1) is 12.4 Å². The highest BCUT2D eigenvalue weighted by Gasteiger charge is 1.95. The van der Waals surface area contributed by atoms with Crippen LogP contribution in [0.15, 0.2) is 0 Å². The van der Waals surface area contributed by atoms with Crippen LogP contribution in [0.1, 0.15) is 0 Å². The monoisotopic (exact) mass is 182 g/mol. The van der Waals surface area contributed by atoms with Gasteiger partial charge >= 0.3 is 6.09 Å². The molecule has 68 valence electrons. The Morgan fingerprint density at radius 1 is 1.55 bits per heavy atom. The number of amides is 1. The van der Waals surface area contributed by atoms with Crippen LogP contribution in [0, 0.1) is 0 Å². The Labute approximate surface area is 73.3 Å². The molecule has 0 aliphatic heterocycles. The van der Waals surface area contributed by atoms with Crippen LogP contribution in [-0.4, -0.2) is 45.3 Å². The Kier molecular flexibility index (Phi) is 9.10. The summed E-state index contributed by atoms with van der Waals surface area (Å²) in [5.41, 5.74) is 0. The Hall–Kier alpha value is -0.480. The van der Waals surface area contributed by atoms with Gasteiger partial charge in [-0.1, -0.05) is 0 Å². The molecule has 1 amide bonds. The van der Waals surface area contributed by atoms with E-state index in [1.165, 1.54) is 7.11 Å². The van der Waals surface area contributed by atoms with Crippen molar-refractivity contribution in [2.45, 2.75) is 0 Å². The molecule has 4 nitrogen and oxygen atoms in total. The number of carbonyl (C=O) groups excluding carboxylic acids is 1. The predicted molar refractivity (Wildman–Crippen MR) is 46.2 cm³/mol. The second kappa shape index (κ2) is 7.63. The normalized spacial score (nSPS) is 8.73. The molecule has 0 aromatic heterocycles. The third-order valence-electron chi connectivity index (χ3n) is 1.01. The number of carbonyl (C=O) groups is 1. The van der Waals surface area contributed by atoms with Gasteiger partial charge in [0.05, 0.1) is 7.11 Å². The van der Waals surface area contributed by atoms with Gasteiger partial charge in [-0.25, -0.2) is 4.79 Å². The number of halogens is 1. The van der Waals surface area contributed by atoms with Crippen molar-refractivity contribution in [1.82, 2.24) is 10.2 Å². The molecule has 0 bridgehead atoms. The number of hydrogen-bond donors (Lipinski definition) is 1. The minimum atomic E-state index is -0.373. The average molecular weight is 183 g/mol. The van der Waals surface area contributed by atoms with Crippen molar-refractivity contribution >= 4 is 18.5 Å². The number of nitrogens with zero attached hydrogens (tertiary/aromatic N) is 1. The first-order chi connectivity index (χ1) is 4.66. The highest BCUT2D eigenvalue weighted by Crippen LogP contribution is 1.73. The molecule has 11 heavy (non-hydrogen) atoms. The first-order valence-electron chi connectivity index (χ1n) is 3.13. The fourth-order valence-corrected chi connectivity index (χ4v) is 0.454. The molecule has 0 aromatic carbocycles. The molecule has 0 saturated carbocycles. The number of ether oxygens (including phenoxy) is 1. The lowest BCUT2D eigenvalue weighted by Gasteiger charge is -2.08. The van der Waals surface area contributed by atoms with E-state index in [2.05, 4.69) is 10.1 Å². The summed E-state index contributed by atoms with van der Waals surface area (Å²) in [4.78, 5) is 12.4. The fraction of sp³-hybridized carbons (Fsp3) is 0.833. The van der Waals surface area contributed by atoms with Crippen molar-refractivity contribution in [3.63, 3.8) is 0 Å². The topological polar surface area (TPSA) is 41.6 Å². The summed E-state index contributed by atoms with van der Waals surface area (Å²) in [6.45, 7) is 1.45. The van der Waals surface area contributed by atoms with Crippen LogP contribution in [-0.2, 0) is 4.74 Å². The molecule has 0 aliphatic carbocycles. The van der Waals surface area contributed by atoms with Crippen molar-refractivity contribution in [2.24, 2.45) is 0 Å². The second-order valence-corrected chi connectivity index (χ2v) is 2.22. The molecular weight excluding hydrogens is 168 g/mol. The first kappa shape index (κ1) is 13.1. The number of hydrogen-bond acceptors (Lipinski definition) is 3. The zero-order valence-corrected chi connectivity index (χ0v) is 7.90. The summed E-state index contributed by atoms with van der Waals surface area (Å²) in [7, 11) is 5.24. The predicted octanol–water partition coefficient (Wildman–Crippen LogP) is 0.326. The average Bonchev–Trinajstić information content (AvgIpc) is 1.87. The summed E-state index contributed by atoms with van der Waals surface area (Å²) in [6.07, 6.45) is -0.373. The van der Waals surface area contributed by atoms with E-state index in [0.717, 1.165) is 6.54 Å². The van der Waals surface area contributed by atoms with Crippen LogP contribution >= 0.6 is 12.4 Å². The molecule has 0 aromatic rings. The first-order valence-corrected chi connectivity index (χ1v) is 3.13. The minimum Gasteiger partial charge on any atom is -0.453 e. The summed E-state index contributed by atoms with van der Waals surface area (Å²) >= 11 is 0. The quantitative estimate of drug-likeness (QED) is 0.684. The molecule has 0 heterocycles. The highest BCUT2D eigenvalue weighted by atomic mass is 35.5. The van der Waals surface area contributed by atoms with E-state index in [1.807, 2.05) is 19.0 Å². The van der Waals surface area contributed by atoms with E-state index < -0.39 is 0 Å². The Balaban J connectivity index is 0. The van der Waals surface area contributed by atoms with Gasteiger partial charge in [0.1, 0.15) is 0 Å². The summed E-state index contributed by atoms with van der Waals surface area (Å²) in [5.74, 6) is 0. The van der Waals surface area contributed by atoms with E-state index >= 15 is 0 Å². The Morgan fingerprint density at radius 3 is 2.45 bits per heavy atom. The minimum absolute atomic E-state index is 0. The molecule has 0 saturated heterocycles. The van der Waals surface area contributed by atoms with Gasteiger partial charge < -0.3 is 15.0 Å². The second-order valence-electron chi connectivity index (χ2n) is 2.22. The zero-order valence-electron chi connectivity index (χ0n) is 7.09. The van der Waals surface area contributed by atoms with Crippen molar-refractivity contribution in [3.05, 3.63) is 0 Å². The van der Waals surface area contributed by atoms with Gasteiger partial charge in [0.2, 0.25) is 0 Å². The zero-order chi connectivity index (χ0) is 7.98. The van der Waals surface area contributed by atoms with Crippen LogP contribution < -0.4 is 5.32 Å². The largest absolute Gasteiger partial charge is 0.453 e. The summed E-state index contributed by atoms with van der Waals surface area (Å²) < 4.78 is 4.36. The Morgan fingerprint density at radius 2 is 2.09 bits per heavy atom. The van der Waals surface area contributed by atoms with Crippen molar-refractivity contribution in [3.8, 4) is 0 Å². The molecule has 0 rings (SSSR count). The highest BCUT2D eigenvalue weighted by molar-refractivity contribution is 5.85. The standard InChI is InChI=1S/C6H14N2O2.ClH/c1-8(2)5-4-7-6(9)10-3;/h4-5H2,1-3H3,(H,7,9);1H. The smallest absolute Gasteiger partial charge is 0.406 e. The SMILES string of the molecule is COC(=O)NCCN(C)C.Cl. The molecule has 1 N–H and O–H groups in total. The van der Waals surface area contributed by atoms with E-state index in [4.69, 9.17) is 0 Å². The van der Waals surface area contributed by atoms with E-state index in [-0.39, 0.29) is 18.5 Å². The molecule has 0 radical (unpaired) electrons. The van der Waals surface area contributed by atoms with Crippen molar-refractivity contribution in [2.75, 3.05) is 34.3 Å². The molecule has 0 aliphatic rings. The lowest BCUT2D eigenvalue weighted by molar-refractivity contribution is 0.170.